The molecule has 4 rings (SSSR count). The van der Waals surface area contributed by atoms with Gasteiger partial charge in [0.05, 0.1) is 16.6 Å². The summed E-state index contributed by atoms with van der Waals surface area (Å²) in [6.07, 6.45) is 4.55. The molecule has 6 nitrogen and oxygen atoms in total. The minimum Gasteiger partial charge on any atom is -0.504 e. The number of aromatic amines is 1. The number of phenols is 1. The van der Waals surface area contributed by atoms with E-state index in [1.807, 2.05) is 6.07 Å². The topological polar surface area (TPSA) is 110 Å². The SMILES string of the molecule is C[C@H]1CCCC[C@@H]1Oc1cccc(-c2nc3cc(C(N)=[NH2+])c(F)cc3[nH]2)c1O. The van der Waals surface area contributed by atoms with Crippen molar-refractivity contribution in [3.05, 3.63) is 41.7 Å². The molecule has 1 aliphatic carbocycles. The number of nitrogens with two attached hydrogens (primary N) is 2. The van der Waals surface area contributed by atoms with Crippen LogP contribution in [0.4, 0.5) is 4.39 Å². The first-order valence-electron chi connectivity index (χ1n) is 9.50. The summed E-state index contributed by atoms with van der Waals surface area (Å²) in [5.74, 6) is 0.677. The third-order valence-electron chi connectivity index (χ3n) is 5.45. The highest BCUT2D eigenvalue weighted by atomic mass is 19.1. The van der Waals surface area contributed by atoms with Gasteiger partial charge >= 0.3 is 0 Å². The third kappa shape index (κ3) is 3.28. The van der Waals surface area contributed by atoms with Crippen LogP contribution in [-0.2, 0) is 0 Å². The van der Waals surface area contributed by atoms with E-state index in [1.54, 1.807) is 12.1 Å². The Morgan fingerprint density at radius 1 is 1.32 bits per heavy atom. The largest absolute Gasteiger partial charge is 0.504 e. The zero-order chi connectivity index (χ0) is 19.8. The van der Waals surface area contributed by atoms with Crippen molar-refractivity contribution in [1.29, 1.82) is 0 Å². The van der Waals surface area contributed by atoms with E-state index in [1.165, 1.54) is 18.6 Å². The lowest BCUT2D eigenvalue weighted by Crippen LogP contribution is -2.46. The van der Waals surface area contributed by atoms with E-state index in [-0.39, 0.29) is 23.3 Å². The van der Waals surface area contributed by atoms with Crippen molar-refractivity contribution in [1.82, 2.24) is 9.97 Å². The van der Waals surface area contributed by atoms with Gasteiger partial charge in [-0.15, -0.1) is 0 Å². The first-order valence-corrected chi connectivity index (χ1v) is 9.50. The first kappa shape index (κ1) is 18.3. The summed E-state index contributed by atoms with van der Waals surface area (Å²) >= 11 is 0. The van der Waals surface area contributed by atoms with E-state index < -0.39 is 5.82 Å². The Labute approximate surface area is 162 Å². The molecule has 1 aliphatic rings. The van der Waals surface area contributed by atoms with Gasteiger partial charge in [0.15, 0.2) is 11.5 Å². The number of hydrogen-bond donors (Lipinski definition) is 4. The highest BCUT2D eigenvalue weighted by molar-refractivity contribution is 5.96. The molecule has 146 valence electrons. The fourth-order valence-electron chi connectivity index (χ4n) is 3.81. The van der Waals surface area contributed by atoms with Crippen molar-refractivity contribution in [2.45, 2.75) is 38.7 Å². The van der Waals surface area contributed by atoms with Crippen LogP contribution in [0.15, 0.2) is 30.3 Å². The highest BCUT2D eigenvalue weighted by Gasteiger charge is 2.25. The Morgan fingerprint density at radius 2 is 2.11 bits per heavy atom. The number of halogens is 1. The summed E-state index contributed by atoms with van der Waals surface area (Å²) < 4.78 is 20.2. The Kier molecular flexibility index (Phi) is 4.66. The molecule has 28 heavy (non-hydrogen) atoms. The van der Waals surface area contributed by atoms with E-state index >= 15 is 0 Å². The van der Waals surface area contributed by atoms with Crippen molar-refractivity contribution < 1.29 is 19.6 Å². The summed E-state index contributed by atoms with van der Waals surface area (Å²) in [5, 5.41) is 16.3. The van der Waals surface area contributed by atoms with Gasteiger partial charge in [-0.1, -0.05) is 19.4 Å². The second-order valence-corrected chi connectivity index (χ2v) is 7.46. The number of hydrogen-bond acceptors (Lipinski definition) is 3. The lowest BCUT2D eigenvalue weighted by molar-refractivity contribution is -0.114. The van der Waals surface area contributed by atoms with Crippen LogP contribution in [0.25, 0.3) is 22.4 Å². The van der Waals surface area contributed by atoms with Crippen molar-refractivity contribution in [2.24, 2.45) is 11.7 Å². The number of aromatic nitrogens is 2. The quantitative estimate of drug-likeness (QED) is 0.410. The second kappa shape index (κ2) is 7.14. The molecule has 0 radical (unpaired) electrons. The monoisotopic (exact) mass is 383 g/mol. The number of phenolic OH excluding ortho intramolecular Hbond substituents is 1. The number of H-pyrrole nitrogens is 1. The number of nitrogens with zero attached hydrogens (tertiary/aromatic N) is 1. The van der Waals surface area contributed by atoms with E-state index in [2.05, 4.69) is 16.9 Å². The molecular formula is C21H24FN4O2+. The number of aromatic hydroxyl groups is 1. The Balaban J connectivity index is 1.70. The Morgan fingerprint density at radius 3 is 2.86 bits per heavy atom. The van der Waals surface area contributed by atoms with Crippen LogP contribution < -0.4 is 15.9 Å². The number of nitrogens with one attached hydrogen (secondary N) is 1. The molecule has 1 aromatic heterocycles. The van der Waals surface area contributed by atoms with Gasteiger partial charge in [-0.25, -0.2) is 9.37 Å². The molecule has 0 unspecified atom stereocenters. The molecule has 0 spiro atoms. The minimum atomic E-state index is -0.532. The lowest BCUT2D eigenvalue weighted by atomic mass is 9.88. The molecule has 0 aliphatic heterocycles. The molecule has 6 N–H and O–H groups in total. The molecule has 2 atom stereocenters. The van der Waals surface area contributed by atoms with Crippen LogP contribution in [0, 0.1) is 11.7 Å². The van der Waals surface area contributed by atoms with E-state index in [9.17, 15) is 9.50 Å². The van der Waals surface area contributed by atoms with E-state index in [4.69, 9.17) is 15.9 Å². The van der Waals surface area contributed by atoms with Gasteiger partial charge in [0.25, 0.3) is 5.84 Å². The molecule has 7 heteroatoms. The summed E-state index contributed by atoms with van der Waals surface area (Å²) in [7, 11) is 0. The zero-order valence-corrected chi connectivity index (χ0v) is 15.7. The van der Waals surface area contributed by atoms with Crippen LogP contribution in [0.2, 0.25) is 0 Å². The van der Waals surface area contributed by atoms with Crippen LogP contribution in [0.3, 0.4) is 0 Å². The number of fused-ring (bicyclic) bond motifs is 1. The summed E-state index contributed by atoms with van der Waals surface area (Å²) in [4.78, 5) is 7.51. The van der Waals surface area contributed by atoms with Gasteiger partial charge in [0.2, 0.25) is 0 Å². The molecule has 2 aromatic carbocycles. The van der Waals surface area contributed by atoms with Gasteiger partial charge in [-0.05, 0) is 43.4 Å². The summed E-state index contributed by atoms with van der Waals surface area (Å²) in [6, 6.07) is 8.08. The minimum absolute atomic E-state index is 0.0185. The van der Waals surface area contributed by atoms with E-state index in [0.29, 0.717) is 34.1 Å². The molecule has 0 saturated heterocycles. The second-order valence-electron chi connectivity index (χ2n) is 7.46. The predicted molar refractivity (Wildman–Crippen MR) is 105 cm³/mol. The average molecular weight is 383 g/mol. The molecule has 0 amide bonds. The fraction of sp³-hybridized carbons (Fsp3) is 0.333. The average Bonchev–Trinajstić information content (AvgIpc) is 3.06. The van der Waals surface area contributed by atoms with Gasteiger partial charge in [0, 0.05) is 6.07 Å². The van der Waals surface area contributed by atoms with Crippen LogP contribution in [0.5, 0.6) is 11.5 Å². The molecular weight excluding hydrogens is 359 g/mol. The number of benzene rings is 2. The summed E-state index contributed by atoms with van der Waals surface area (Å²) in [5.41, 5.74) is 7.12. The first-order chi connectivity index (χ1) is 13.4. The maximum Gasteiger partial charge on any atom is 0.273 e. The number of rotatable bonds is 4. The predicted octanol–water partition coefficient (Wildman–Crippen LogP) is 2.50. The maximum absolute atomic E-state index is 14.1. The van der Waals surface area contributed by atoms with Crippen molar-refractivity contribution >= 4 is 16.9 Å². The molecule has 0 bridgehead atoms. The number of amidine groups is 1. The molecule has 3 aromatic rings. The number of para-hydroxylation sites is 1. The smallest absolute Gasteiger partial charge is 0.273 e. The maximum atomic E-state index is 14.1. The fourth-order valence-corrected chi connectivity index (χ4v) is 3.81. The van der Waals surface area contributed by atoms with E-state index in [0.717, 1.165) is 19.3 Å². The third-order valence-corrected chi connectivity index (χ3v) is 5.45. The zero-order valence-electron chi connectivity index (χ0n) is 15.7. The lowest BCUT2D eigenvalue weighted by Gasteiger charge is -2.29. The van der Waals surface area contributed by atoms with Gasteiger partial charge in [0.1, 0.15) is 23.3 Å². The normalized spacial score (nSPS) is 19.6. The van der Waals surface area contributed by atoms with Gasteiger partial charge in [-0.2, -0.15) is 0 Å². The standard InChI is InChI=1S/C21H23FN4O2/c1-11-5-2-3-7-17(11)28-18-8-4-6-12(19(18)27)21-25-15-9-13(20(23)24)14(22)10-16(15)26-21/h4,6,8-11,17,27H,2-3,5,7H2,1H3,(H3,23,24)(H,25,26)/p+1/t11-,17-/m0/s1. The number of ether oxygens (including phenoxy) is 1. The van der Waals surface area contributed by atoms with Gasteiger partial charge in [-0.3, -0.25) is 11.1 Å². The van der Waals surface area contributed by atoms with Crippen molar-refractivity contribution in [3.63, 3.8) is 0 Å². The van der Waals surface area contributed by atoms with Crippen molar-refractivity contribution in [2.75, 3.05) is 0 Å². The van der Waals surface area contributed by atoms with Crippen LogP contribution >= 0.6 is 0 Å². The molecule has 1 fully saturated rings. The van der Waals surface area contributed by atoms with Gasteiger partial charge < -0.3 is 14.8 Å². The number of imidazole rings is 1. The van der Waals surface area contributed by atoms with Crippen LogP contribution in [-0.4, -0.2) is 27.0 Å². The van der Waals surface area contributed by atoms with Crippen LogP contribution in [0.1, 0.15) is 38.2 Å². The molecule has 1 heterocycles. The Bertz CT molecular complexity index is 1050. The molecule has 1 saturated carbocycles. The highest BCUT2D eigenvalue weighted by Crippen LogP contribution is 2.39. The Hall–Kier alpha value is -3.09. The van der Waals surface area contributed by atoms with Crippen molar-refractivity contribution in [3.8, 4) is 22.9 Å². The summed E-state index contributed by atoms with van der Waals surface area (Å²) in [6.45, 7) is 2.18.